The average molecular weight is 452 g/mol. The highest BCUT2D eigenvalue weighted by Gasteiger charge is 2.52. The second-order valence-electron chi connectivity index (χ2n) is 8.38. The van der Waals surface area contributed by atoms with Gasteiger partial charge in [0.2, 0.25) is 10.0 Å². The molecule has 3 atom stereocenters. The van der Waals surface area contributed by atoms with Crippen LogP contribution < -0.4 is 0 Å². The Balaban J connectivity index is 1.79. The lowest BCUT2D eigenvalue weighted by molar-refractivity contribution is -0.117. The van der Waals surface area contributed by atoms with E-state index in [1.54, 1.807) is 24.3 Å². The van der Waals surface area contributed by atoms with Crippen LogP contribution in [0.5, 0.6) is 0 Å². The Morgan fingerprint density at radius 2 is 1.56 bits per heavy atom. The first-order valence-corrected chi connectivity index (χ1v) is 12.3. The first-order valence-electron chi connectivity index (χ1n) is 10.9. The molecule has 0 bridgehead atoms. The number of aryl methyl sites for hydroxylation is 1. The molecular formula is C26H29NO4S. The molecule has 4 rings (SSSR count). The summed E-state index contributed by atoms with van der Waals surface area (Å²) in [7, 11) is -3.94. The first kappa shape index (κ1) is 22.7. The topological polar surface area (TPSA) is 66.8 Å². The van der Waals surface area contributed by atoms with E-state index in [4.69, 9.17) is 4.74 Å². The highest BCUT2D eigenvalue weighted by atomic mass is 32.2. The van der Waals surface area contributed by atoms with Crippen molar-refractivity contribution in [1.82, 2.24) is 4.31 Å². The molecule has 1 aliphatic heterocycles. The van der Waals surface area contributed by atoms with Gasteiger partial charge in [0.05, 0.1) is 17.5 Å². The number of ether oxygens (including phenoxy) is 1. The van der Waals surface area contributed by atoms with Gasteiger partial charge in [0.1, 0.15) is 5.60 Å². The molecule has 1 aliphatic rings. The van der Waals surface area contributed by atoms with E-state index in [0.29, 0.717) is 6.42 Å². The van der Waals surface area contributed by atoms with Crippen molar-refractivity contribution in [3.8, 4) is 0 Å². The molecule has 5 nitrogen and oxygen atoms in total. The van der Waals surface area contributed by atoms with E-state index in [2.05, 4.69) is 0 Å². The molecule has 168 valence electrons. The van der Waals surface area contributed by atoms with E-state index < -0.39 is 27.9 Å². The minimum absolute atomic E-state index is 0.177. The maximum absolute atomic E-state index is 13.9. The van der Waals surface area contributed by atoms with Crippen LogP contribution in [0.1, 0.15) is 36.1 Å². The summed E-state index contributed by atoms with van der Waals surface area (Å²) >= 11 is 0. The predicted octanol–water partition coefficient (Wildman–Crippen LogP) is 4.47. The van der Waals surface area contributed by atoms with E-state index in [9.17, 15) is 13.5 Å². The number of hydrogen-bond acceptors (Lipinski definition) is 4. The quantitative estimate of drug-likeness (QED) is 0.576. The maximum Gasteiger partial charge on any atom is 0.246 e. The molecule has 0 aliphatic carbocycles. The third-order valence-electron chi connectivity index (χ3n) is 6.16. The molecule has 0 radical (unpaired) electrons. The van der Waals surface area contributed by atoms with Gasteiger partial charge in [-0.05, 0) is 36.6 Å². The van der Waals surface area contributed by atoms with E-state index in [0.717, 1.165) is 16.7 Å². The SMILES string of the molecule is CC[C@@](O)(Cc1ccccc1)[C@@H]1OC[C@@H](c2ccccc2)N1S(=O)(=O)c1ccc(C)cc1. The standard InChI is InChI=1S/C26H29NO4S/c1-3-26(28,18-21-10-6-4-7-11-21)25-27(24(19-31-25)22-12-8-5-9-13-22)32(29,30)23-16-14-20(2)15-17-23/h4-17,24-25,28H,3,18-19H2,1-2H3/t24-,25-,26+/m0/s1. The van der Waals surface area contributed by atoms with Gasteiger partial charge in [-0.3, -0.25) is 0 Å². The third-order valence-corrected chi connectivity index (χ3v) is 8.02. The van der Waals surface area contributed by atoms with E-state index in [1.807, 2.05) is 74.5 Å². The lowest BCUT2D eigenvalue weighted by Gasteiger charge is -2.38. The van der Waals surface area contributed by atoms with Gasteiger partial charge in [0.25, 0.3) is 0 Å². The molecule has 0 spiro atoms. The van der Waals surface area contributed by atoms with Crippen molar-refractivity contribution in [2.45, 2.75) is 49.5 Å². The van der Waals surface area contributed by atoms with Crippen LogP contribution >= 0.6 is 0 Å². The minimum atomic E-state index is -3.94. The summed E-state index contributed by atoms with van der Waals surface area (Å²) in [6, 6.07) is 25.3. The van der Waals surface area contributed by atoms with E-state index >= 15 is 0 Å². The summed E-state index contributed by atoms with van der Waals surface area (Å²) in [4.78, 5) is 0.192. The fourth-order valence-electron chi connectivity index (χ4n) is 4.26. The molecular weight excluding hydrogens is 422 g/mol. The zero-order valence-corrected chi connectivity index (χ0v) is 19.2. The number of rotatable bonds is 7. The van der Waals surface area contributed by atoms with Crippen molar-refractivity contribution in [3.63, 3.8) is 0 Å². The van der Waals surface area contributed by atoms with Crippen molar-refractivity contribution in [2.24, 2.45) is 0 Å². The minimum Gasteiger partial charge on any atom is -0.385 e. The van der Waals surface area contributed by atoms with Crippen molar-refractivity contribution >= 4 is 10.0 Å². The zero-order valence-electron chi connectivity index (χ0n) is 18.4. The van der Waals surface area contributed by atoms with Crippen molar-refractivity contribution in [2.75, 3.05) is 6.61 Å². The van der Waals surface area contributed by atoms with Gasteiger partial charge in [0, 0.05) is 6.42 Å². The van der Waals surface area contributed by atoms with Crippen LogP contribution in [0, 0.1) is 6.92 Å². The molecule has 6 heteroatoms. The lowest BCUT2D eigenvalue weighted by Crippen LogP contribution is -2.53. The zero-order chi connectivity index (χ0) is 22.8. The molecule has 1 saturated heterocycles. The Morgan fingerprint density at radius 3 is 2.16 bits per heavy atom. The van der Waals surface area contributed by atoms with E-state index in [1.165, 1.54) is 4.31 Å². The summed E-state index contributed by atoms with van der Waals surface area (Å²) in [6.07, 6.45) is -0.381. The summed E-state index contributed by atoms with van der Waals surface area (Å²) in [5, 5.41) is 11.7. The highest BCUT2D eigenvalue weighted by molar-refractivity contribution is 7.89. The Bertz CT molecular complexity index is 1130. The van der Waals surface area contributed by atoms with Crippen LogP contribution in [0.2, 0.25) is 0 Å². The summed E-state index contributed by atoms with van der Waals surface area (Å²) in [5.74, 6) is 0. The van der Waals surface area contributed by atoms with Crippen LogP contribution in [0.4, 0.5) is 0 Å². The molecule has 0 aromatic heterocycles. The Hall–Kier alpha value is -2.51. The van der Waals surface area contributed by atoms with Crippen LogP contribution in [0.3, 0.4) is 0 Å². The number of hydrogen-bond donors (Lipinski definition) is 1. The number of sulfonamides is 1. The highest BCUT2D eigenvalue weighted by Crippen LogP contribution is 2.41. The molecule has 3 aromatic carbocycles. The molecule has 1 fully saturated rings. The molecule has 0 saturated carbocycles. The van der Waals surface area contributed by atoms with Crippen LogP contribution in [0.15, 0.2) is 89.8 Å². The molecule has 0 unspecified atom stereocenters. The maximum atomic E-state index is 13.9. The molecule has 32 heavy (non-hydrogen) atoms. The molecule has 0 amide bonds. The largest absolute Gasteiger partial charge is 0.385 e. The Labute approximate surface area is 190 Å². The summed E-state index contributed by atoms with van der Waals surface area (Å²) in [5.41, 5.74) is 1.36. The van der Waals surface area contributed by atoms with E-state index in [-0.39, 0.29) is 17.9 Å². The third kappa shape index (κ3) is 4.36. The summed E-state index contributed by atoms with van der Waals surface area (Å²) < 4.78 is 35.2. The lowest BCUT2D eigenvalue weighted by atomic mass is 9.90. The van der Waals surface area contributed by atoms with Gasteiger partial charge in [-0.1, -0.05) is 85.3 Å². The van der Waals surface area contributed by atoms with Crippen molar-refractivity contribution < 1.29 is 18.3 Å². The Morgan fingerprint density at radius 1 is 0.969 bits per heavy atom. The second-order valence-corrected chi connectivity index (χ2v) is 10.2. The first-order chi connectivity index (χ1) is 15.3. The molecule has 3 aromatic rings. The fourth-order valence-corrected chi connectivity index (χ4v) is 6.01. The normalized spacial score (nSPS) is 21.3. The van der Waals surface area contributed by atoms with Gasteiger partial charge in [-0.25, -0.2) is 8.42 Å². The number of aliphatic hydroxyl groups is 1. The monoisotopic (exact) mass is 451 g/mol. The van der Waals surface area contributed by atoms with Gasteiger partial charge in [-0.15, -0.1) is 0 Å². The number of nitrogens with zero attached hydrogens (tertiary/aromatic N) is 1. The van der Waals surface area contributed by atoms with Crippen LogP contribution in [-0.2, 0) is 21.2 Å². The second kappa shape index (κ2) is 9.16. The van der Waals surface area contributed by atoms with Gasteiger partial charge >= 0.3 is 0 Å². The van der Waals surface area contributed by atoms with Crippen molar-refractivity contribution in [3.05, 3.63) is 102 Å². The smallest absolute Gasteiger partial charge is 0.246 e. The van der Waals surface area contributed by atoms with Crippen molar-refractivity contribution in [1.29, 1.82) is 0 Å². The van der Waals surface area contributed by atoms with Crippen LogP contribution in [-0.4, -0.2) is 36.3 Å². The van der Waals surface area contributed by atoms with Gasteiger partial charge in [0.15, 0.2) is 6.23 Å². The Kier molecular flexibility index (Phi) is 6.49. The molecule has 1 N–H and O–H groups in total. The number of benzene rings is 3. The van der Waals surface area contributed by atoms with Gasteiger partial charge in [-0.2, -0.15) is 4.31 Å². The van der Waals surface area contributed by atoms with Gasteiger partial charge < -0.3 is 9.84 Å². The molecule has 1 heterocycles. The van der Waals surface area contributed by atoms with Crippen LogP contribution in [0.25, 0.3) is 0 Å². The summed E-state index contributed by atoms with van der Waals surface area (Å²) in [6.45, 7) is 3.95. The fraction of sp³-hybridized carbons (Fsp3) is 0.308. The average Bonchev–Trinajstić information content (AvgIpc) is 3.28. The predicted molar refractivity (Wildman–Crippen MR) is 125 cm³/mol.